The van der Waals surface area contributed by atoms with Crippen LogP contribution in [0.5, 0.6) is 0 Å². The number of rotatable bonds is 6. The maximum Gasteiger partial charge on any atom is 0.417 e. The van der Waals surface area contributed by atoms with E-state index >= 15 is 0 Å². The molecule has 0 fully saturated rings. The van der Waals surface area contributed by atoms with Crippen LogP contribution in [0.3, 0.4) is 0 Å². The Labute approximate surface area is 175 Å². The molecular formula is C20H17F3N2O5S. The van der Waals surface area contributed by atoms with E-state index in [4.69, 9.17) is 0 Å². The van der Waals surface area contributed by atoms with Crippen molar-refractivity contribution in [2.45, 2.75) is 18.6 Å². The highest BCUT2D eigenvalue weighted by Gasteiger charge is 2.35. The molecule has 1 aromatic heterocycles. The molecule has 0 bridgehead atoms. The van der Waals surface area contributed by atoms with Crippen LogP contribution in [0.15, 0.2) is 54.7 Å². The van der Waals surface area contributed by atoms with Crippen molar-refractivity contribution in [2.75, 3.05) is 6.26 Å². The number of nitrogens with one attached hydrogen (secondary N) is 1. The van der Waals surface area contributed by atoms with Crippen molar-refractivity contribution in [2.24, 2.45) is 0 Å². The maximum absolute atomic E-state index is 13.2. The molecule has 0 aliphatic rings. The zero-order valence-corrected chi connectivity index (χ0v) is 16.9. The lowest BCUT2D eigenvalue weighted by Gasteiger charge is -2.17. The molecule has 1 amide bonds. The Morgan fingerprint density at radius 3 is 2.32 bits per heavy atom. The number of hydrogen-bond acceptors (Lipinski definition) is 4. The number of para-hydroxylation sites is 1. The van der Waals surface area contributed by atoms with Gasteiger partial charge in [0.25, 0.3) is 5.91 Å². The fourth-order valence-corrected chi connectivity index (χ4v) is 4.07. The minimum Gasteiger partial charge on any atom is -0.480 e. The molecule has 0 saturated carbocycles. The number of aliphatic carboxylic acids is 1. The second kappa shape index (κ2) is 8.06. The van der Waals surface area contributed by atoms with Gasteiger partial charge in [0.15, 0.2) is 0 Å². The summed E-state index contributed by atoms with van der Waals surface area (Å²) in [5.74, 6) is -2.68. The summed E-state index contributed by atoms with van der Waals surface area (Å²) in [5.41, 5.74) is -1.28. The first-order valence-corrected chi connectivity index (χ1v) is 10.7. The maximum atomic E-state index is 13.2. The Kier molecular flexibility index (Phi) is 5.81. The number of carboxylic acids is 1. The zero-order chi connectivity index (χ0) is 23.0. The van der Waals surface area contributed by atoms with Gasteiger partial charge in [-0.05, 0) is 23.8 Å². The van der Waals surface area contributed by atoms with Gasteiger partial charge in [0.2, 0.25) is 10.0 Å². The number of carbonyl (C=O) groups is 2. The highest BCUT2D eigenvalue weighted by molar-refractivity contribution is 7.89. The summed E-state index contributed by atoms with van der Waals surface area (Å²) in [7, 11) is -3.70. The number of aromatic nitrogens is 1. The highest BCUT2D eigenvalue weighted by Crippen LogP contribution is 2.32. The van der Waals surface area contributed by atoms with Crippen LogP contribution in [0.4, 0.5) is 13.2 Å². The van der Waals surface area contributed by atoms with Gasteiger partial charge in [0, 0.05) is 18.0 Å². The summed E-state index contributed by atoms with van der Waals surface area (Å²) in [5, 5.41) is 12.1. The van der Waals surface area contributed by atoms with Crippen molar-refractivity contribution in [3.63, 3.8) is 0 Å². The topological polar surface area (TPSA) is 105 Å². The molecule has 0 aliphatic heterocycles. The number of alkyl halides is 3. The molecule has 11 heteroatoms. The Balaban J connectivity index is 1.96. The molecule has 164 valence electrons. The van der Waals surface area contributed by atoms with Gasteiger partial charge in [-0.1, -0.05) is 30.3 Å². The van der Waals surface area contributed by atoms with Crippen molar-refractivity contribution in [1.82, 2.24) is 9.29 Å². The van der Waals surface area contributed by atoms with Crippen LogP contribution in [0.25, 0.3) is 10.9 Å². The third-order valence-corrected chi connectivity index (χ3v) is 5.64. The molecule has 3 aromatic rings. The minimum atomic E-state index is -4.80. The predicted octanol–water partition coefficient (Wildman–Crippen LogP) is 2.89. The minimum absolute atomic E-state index is 0.304. The third kappa shape index (κ3) is 4.71. The zero-order valence-electron chi connectivity index (χ0n) is 16.1. The van der Waals surface area contributed by atoms with Gasteiger partial charge in [0.05, 0.1) is 22.9 Å². The van der Waals surface area contributed by atoms with Gasteiger partial charge >= 0.3 is 12.1 Å². The molecule has 0 aliphatic carbocycles. The van der Waals surface area contributed by atoms with Crippen molar-refractivity contribution in [3.8, 4) is 0 Å². The fourth-order valence-electron chi connectivity index (χ4n) is 3.24. The monoisotopic (exact) mass is 454 g/mol. The van der Waals surface area contributed by atoms with Crippen molar-refractivity contribution in [3.05, 3.63) is 71.4 Å². The second-order valence-electron chi connectivity index (χ2n) is 6.84. The third-order valence-electron chi connectivity index (χ3n) is 4.62. The van der Waals surface area contributed by atoms with Crippen LogP contribution in [0.2, 0.25) is 0 Å². The van der Waals surface area contributed by atoms with Gasteiger partial charge in [-0.3, -0.25) is 4.79 Å². The number of amides is 1. The molecule has 7 nitrogen and oxygen atoms in total. The number of carboxylic acid groups (broad SMARTS) is 1. The number of hydrogen-bond donors (Lipinski definition) is 2. The SMILES string of the molecule is CS(=O)(=O)n1cc(CC(NC(=O)c2ccccc2C(F)(F)F)C(=O)O)c2ccccc21. The molecule has 0 radical (unpaired) electrons. The Hall–Kier alpha value is -3.34. The Bertz CT molecular complexity index is 1270. The van der Waals surface area contributed by atoms with E-state index in [0.29, 0.717) is 16.5 Å². The van der Waals surface area contributed by atoms with Crippen molar-refractivity contribution in [1.29, 1.82) is 0 Å². The van der Waals surface area contributed by atoms with Crippen LogP contribution in [0.1, 0.15) is 21.5 Å². The Morgan fingerprint density at radius 1 is 1.10 bits per heavy atom. The van der Waals surface area contributed by atoms with Crippen LogP contribution < -0.4 is 5.32 Å². The van der Waals surface area contributed by atoms with Gasteiger partial charge in [-0.25, -0.2) is 17.2 Å². The van der Waals surface area contributed by atoms with Gasteiger partial charge < -0.3 is 10.4 Å². The van der Waals surface area contributed by atoms with Gasteiger partial charge in [-0.15, -0.1) is 0 Å². The lowest BCUT2D eigenvalue weighted by Crippen LogP contribution is -2.42. The smallest absolute Gasteiger partial charge is 0.417 e. The van der Waals surface area contributed by atoms with Crippen molar-refractivity contribution >= 4 is 32.8 Å². The van der Waals surface area contributed by atoms with E-state index in [1.165, 1.54) is 18.3 Å². The summed E-state index contributed by atoms with van der Waals surface area (Å²) in [4.78, 5) is 24.2. The van der Waals surface area contributed by atoms with Crippen LogP contribution >= 0.6 is 0 Å². The summed E-state index contributed by atoms with van der Waals surface area (Å²) >= 11 is 0. The molecule has 0 saturated heterocycles. The fraction of sp³-hybridized carbons (Fsp3) is 0.200. The van der Waals surface area contributed by atoms with Crippen molar-refractivity contribution < 1.29 is 36.3 Å². The van der Waals surface area contributed by atoms with E-state index in [9.17, 15) is 36.3 Å². The van der Waals surface area contributed by atoms with E-state index in [0.717, 1.165) is 28.4 Å². The molecule has 2 N–H and O–H groups in total. The van der Waals surface area contributed by atoms with E-state index in [1.54, 1.807) is 18.2 Å². The molecular weight excluding hydrogens is 437 g/mol. The molecule has 2 aromatic carbocycles. The molecule has 0 spiro atoms. The highest BCUT2D eigenvalue weighted by atomic mass is 32.2. The van der Waals surface area contributed by atoms with E-state index in [1.807, 2.05) is 0 Å². The number of fused-ring (bicyclic) bond motifs is 1. The lowest BCUT2D eigenvalue weighted by atomic mass is 10.0. The molecule has 1 heterocycles. The van der Waals surface area contributed by atoms with Gasteiger partial charge in [-0.2, -0.15) is 13.2 Å². The Morgan fingerprint density at radius 2 is 1.71 bits per heavy atom. The molecule has 1 unspecified atom stereocenters. The van der Waals surface area contributed by atoms with E-state index in [2.05, 4.69) is 5.32 Å². The summed E-state index contributed by atoms with van der Waals surface area (Å²) in [6.45, 7) is 0. The van der Waals surface area contributed by atoms with Crippen LogP contribution in [-0.2, 0) is 27.4 Å². The van der Waals surface area contributed by atoms with Gasteiger partial charge in [0.1, 0.15) is 6.04 Å². The van der Waals surface area contributed by atoms with Crippen LogP contribution in [0, 0.1) is 0 Å². The molecule has 3 rings (SSSR count). The number of benzene rings is 2. The van der Waals surface area contributed by atoms with Crippen LogP contribution in [-0.4, -0.2) is 41.7 Å². The largest absolute Gasteiger partial charge is 0.480 e. The molecule has 31 heavy (non-hydrogen) atoms. The standard InChI is InChI=1S/C20H17F3N2O5S/c1-31(29,30)25-11-12(13-6-3-5-9-17(13)25)10-16(19(27)28)24-18(26)14-7-2-4-8-15(14)20(21,22)23/h2-9,11,16H,10H2,1H3,(H,24,26)(H,27,28). The quantitative estimate of drug-likeness (QED) is 0.596. The first kappa shape index (κ1) is 22.3. The average Bonchev–Trinajstić information content (AvgIpc) is 3.06. The second-order valence-corrected chi connectivity index (χ2v) is 8.70. The predicted molar refractivity (Wildman–Crippen MR) is 106 cm³/mol. The number of halogens is 3. The summed E-state index contributed by atoms with van der Waals surface area (Å²) in [6.07, 6.45) is -2.91. The average molecular weight is 454 g/mol. The molecule has 1 atom stereocenters. The summed E-state index contributed by atoms with van der Waals surface area (Å²) < 4.78 is 64.6. The first-order chi connectivity index (χ1) is 14.4. The summed E-state index contributed by atoms with van der Waals surface area (Å²) in [6, 6.07) is 8.81. The first-order valence-electron chi connectivity index (χ1n) is 8.89. The number of nitrogens with zero attached hydrogens (tertiary/aromatic N) is 1. The lowest BCUT2D eigenvalue weighted by molar-refractivity contribution is -0.139. The van der Waals surface area contributed by atoms with E-state index < -0.39 is 45.2 Å². The number of carbonyl (C=O) groups excluding carboxylic acids is 1. The normalized spacial score (nSPS) is 13.2. The van der Waals surface area contributed by atoms with E-state index in [-0.39, 0.29) is 6.42 Å².